The first kappa shape index (κ1) is 23.9. The van der Waals surface area contributed by atoms with E-state index in [4.69, 9.17) is 4.18 Å². The second-order valence-electron chi connectivity index (χ2n) is 8.65. The van der Waals surface area contributed by atoms with Crippen LogP contribution in [0.2, 0.25) is 0 Å². The summed E-state index contributed by atoms with van der Waals surface area (Å²) in [5.74, 6) is -0.277. The molecule has 7 heteroatoms. The average molecular weight is 436 g/mol. The Labute approximate surface area is 179 Å². The first-order chi connectivity index (χ1) is 13.9. The molecule has 0 N–H and O–H groups in total. The number of rotatable bonds is 8. The fourth-order valence-electron chi connectivity index (χ4n) is 2.89. The Balaban J connectivity index is 2.13. The highest BCUT2D eigenvalue weighted by atomic mass is 32.2. The number of nitrogens with zero attached hydrogens (tertiary/aromatic N) is 1. The van der Waals surface area contributed by atoms with Crippen LogP contribution in [0.5, 0.6) is 5.75 Å². The molecule has 0 aromatic heterocycles. The number of hydrogen-bond donors (Lipinski definition) is 0. The topological polar surface area (TPSA) is 63.7 Å². The van der Waals surface area contributed by atoms with E-state index in [2.05, 4.69) is 0 Å². The summed E-state index contributed by atoms with van der Waals surface area (Å²) >= 11 is 0. The van der Waals surface area contributed by atoms with Crippen LogP contribution in [0, 0.1) is 11.2 Å². The van der Waals surface area contributed by atoms with Gasteiger partial charge in [0.1, 0.15) is 16.5 Å². The zero-order valence-electron chi connectivity index (χ0n) is 18.2. The van der Waals surface area contributed by atoms with Crippen molar-refractivity contribution >= 4 is 16.0 Å². The van der Waals surface area contributed by atoms with Crippen LogP contribution < -0.4 is 4.18 Å². The van der Waals surface area contributed by atoms with Crippen molar-refractivity contribution in [3.05, 3.63) is 59.9 Å². The van der Waals surface area contributed by atoms with Gasteiger partial charge in [-0.3, -0.25) is 4.79 Å². The summed E-state index contributed by atoms with van der Waals surface area (Å²) in [6.07, 6.45) is 1.29. The molecular weight excluding hydrogens is 405 g/mol. The van der Waals surface area contributed by atoms with Gasteiger partial charge in [0, 0.05) is 19.0 Å². The minimum atomic E-state index is -4.05. The second-order valence-corrected chi connectivity index (χ2v) is 10.2. The molecule has 0 spiro atoms. The molecule has 2 aromatic carbocycles. The van der Waals surface area contributed by atoms with E-state index in [1.807, 2.05) is 39.5 Å². The summed E-state index contributed by atoms with van der Waals surface area (Å²) < 4.78 is 42.8. The van der Waals surface area contributed by atoms with Gasteiger partial charge in [0.05, 0.1) is 0 Å². The van der Waals surface area contributed by atoms with Crippen LogP contribution in [0.1, 0.15) is 53.0 Å². The molecule has 1 atom stereocenters. The summed E-state index contributed by atoms with van der Waals surface area (Å²) in [6.45, 7) is 10.6. The highest BCUT2D eigenvalue weighted by Crippen LogP contribution is 2.24. The lowest BCUT2D eigenvalue weighted by atomic mass is 9.91. The number of carbonyl (C=O) groups is 1. The van der Waals surface area contributed by atoms with Gasteiger partial charge in [-0.05, 0) is 60.7 Å². The van der Waals surface area contributed by atoms with Crippen molar-refractivity contribution in [3.63, 3.8) is 0 Å². The van der Waals surface area contributed by atoms with Gasteiger partial charge in [-0.25, -0.2) is 4.39 Å². The van der Waals surface area contributed by atoms with Crippen LogP contribution >= 0.6 is 0 Å². The third-order valence-electron chi connectivity index (χ3n) is 4.71. The van der Waals surface area contributed by atoms with Crippen LogP contribution in [0.15, 0.2) is 53.4 Å². The fraction of sp³-hybridized carbons (Fsp3) is 0.435. The molecule has 0 aliphatic heterocycles. The van der Waals surface area contributed by atoms with Crippen molar-refractivity contribution in [2.24, 2.45) is 5.41 Å². The summed E-state index contributed by atoms with van der Waals surface area (Å²) in [4.78, 5) is 14.5. The number of amides is 1. The Kier molecular flexibility index (Phi) is 7.64. The molecule has 0 heterocycles. The summed E-state index contributed by atoms with van der Waals surface area (Å²) in [7, 11) is -4.05. The minimum absolute atomic E-state index is 0.0923. The maximum atomic E-state index is 13.0. The van der Waals surface area contributed by atoms with E-state index in [1.165, 1.54) is 0 Å². The largest absolute Gasteiger partial charge is 0.379 e. The van der Waals surface area contributed by atoms with Crippen LogP contribution in [-0.2, 0) is 21.5 Å². The first-order valence-corrected chi connectivity index (χ1v) is 11.4. The first-order valence-electron chi connectivity index (χ1n) is 10.00. The lowest BCUT2D eigenvalue weighted by Gasteiger charge is -2.31. The van der Waals surface area contributed by atoms with Crippen molar-refractivity contribution in [1.82, 2.24) is 4.90 Å². The Hall–Kier alpha value is -2.41. The quantitative estimate of drug-likeness (QED) is 0.538. The van der Waals surface area contributed by atoms with Crippen LogP contribution in [0.25, 0.3) is 0 Å². The average Bonchev–Trinajstić information content (AvgIpc) is 2.65. The molecule has 2 rings (SSSR count). The van der Waals surface area contributed by atoms with Gasteiger partial charge in [0.15, 0.2) is 0 Å². The highest BCUT2D eigenvalue weighted by Gasteiger charge is 2.24. The van der Waals surface area contributed by atoms with Crippen molar-refractivity contribution in [1.29, 1.82) is 0 Å². The number of benzene rings is 2. The zero-order valence-corrected chi connectivity index (χ0v) is 19.0. The van der Waals surface area contributed by atoms with Crippen molar-refractivity contribution in [2.75, 3.05) is 0 Å². The Morgan fingerprint density at radius 3 is 2.13 bits per heavy atom. The molecule has 0 bridgehead atoms. The smallest absolute Gasteiger partial charge is 0.339 e. The van der Waals surface area contributed by atoms with Crippen molar-refractivity contribution in [2.45, 2.75) is 64.9 Å². The van der Waals surface area contributed by atoms with Gasteiger partial charge in [0.2, 0.25) is 5.91 Å². The van der Waals surface area contributed by atoms with E-state index in [0.29, 0.717) is 13.0 Å². The Morgan fingerprint density at radius 2 is 1.63 bits per heavy atom. The van der Waals surface area contributed by atoms with E-state index < -0.39 is 15.9 Å². The lowest BCUT2D eigenvalue weighted by molar-refractivity contribution is -0.135. The molecule has 0 fully saturated rings. The molecule has 0 saturated heterocycles. The van der Waals surface area contributed by atoms with E-state index in [0.717, 1.165) is 36.2 Å². The minimum Gasteiger partial charge on any atom is -0.379 e. The normalized spacial score (nSPS) is 13.0. The molecule has 1 unspecified atom stereocenters. The van der Waals surface area contributed by atoms with Gasteiger partial charge in [0.25, 0.3) is 0 Å². The van der Waals surface area contributed by atoms with Gasteiger partial charge >= 0.3 is 10.1 Å². The van der Waals surface area contributed by atoms with Crippen molar-refractivity contribution in [3.8, 4) is 5.75 Å². The third kappa shape index (κ3) is 6.83. The molecule has 0 saturated carbocycles. The van der Waals surface area contributed by atoms with Crippen LogP contribution in [-0.4, -0.2) is 25.3 Å². The standard InChI is InChI=1S/C23H30FNO4S/c1-6-17(2)25(22(26)15-23(3,4)5)16-18-7-11-20(12-8-18)29-30(27,28)21-13-9-19(24)10-14-21/h7-14,17H,6,15-16H2,1-5H3. The molecule has 30 heavy (non-hydrogen) atoms. The molecule has 0 radical (unpaired) electrons. The zero-order chi connectivity index (χ0) is 22.5. The Bertz CT molecular complexity index is 948. The monoisotopic (exact) mass is 435 g/mol. The predicted molar refractivity (Wildman–Crippen MR) is 115 cm³/mol. The number of carbonyl (C=O) groups excluding carboxylic acids is 1. The van der Waals surface area contributed by atoms with Crippen molar-refractivity contribution < 1.29 is 21.8 Å². The van der Waals surface area contributed by atoms with E-state index >= 15 is 0 Å². The summed E-state index contributed by atoms with van der Waals surface area (Å²) in [5.41, 5.74) is 0.777. The SMILES string of the molecule is CCC(C)N(Cc1ccc(OS(=O)(=O)c2ccc(F)cc2)cc1)C(=O)CC(C)(C)C. The maximum Gasteiger partial charge on any atom is 0.339 e. The molecule has 2 aromatic rings. The number of halogens is 1. The van der Waals surface area contributed by atoms with E-state index in [9.17, 15) is 17.6 Å². The molecule has 0 aliphatic carbocycles. The third-order valence-corrected chi connectivity index (χ3v) is 5.97. The maximum absolute atomic E-state index is 13.0. The molecule has 0 aliphatic rings. The molecule has 1 amide bonds. The highest BCUT2D eigenvalue weighted by molar-refractivity contribution is 7.87. The van der Waals surface area contributed by atoms with Gasteiger partial charge in [-0.2, -0.15) is 8.42 Å². The number of hydrogen-bond acceptors (Lipinski definition) is 4. The van der Waals surface area contributed by atoms with Gasteiger partial charge in [-0.1, -0.05) is 39.8 Å². The van der Waals surface area contributed by atoms with E-state index in [1.54, 1.807) is 24.3 Å². The van der Waals surface area contributed by atoms with Crippen LogP contribution in [0.3, 0.4) is 0 Å². The molecule has 164 valence electrons. The predicted octanol–water partition coefficient (Wildman–Crippen LogP) is 5.16. The summed E-state index contributed by atoms with van der Waals surface area (Å²) in [6, 6.07) is 11.1. The molecular formula is C23H30FNO4S. The lowest BCUT2D eigenvalue weighted by Crippen LogP contribution is -2.39. The van der Waals surface area contributed by atoms with E-state index in [-0.39, 0.29) is 28.0 Å². The van der Waals surface area contributed by atoms with Gasteiger partial charge in [-0.15, -0.1) is 0 Å². The summed E-state index contributed by atoms with van der Waals surface area (Å²) in [5, 5.41) is 0. The second kappa shape index (κ2) is 9.60. The van der Waals surface area contributed by atoms with Gasteiger partial charge < -0.3 is 9.08 Å². The fourth-order valence-corrected chi connectivity index (χ4v) is 3.82. The molecule has 5 nitrogen and oxygen atoms in total. The Morgan fingerprint density at radius 1 is 1.07 bits per heavy atom. The van der Waals surface area contributed by atoms with Crippen LogP contribution in [0.4, 0.5) is 4.39 Å².